The number of H-pyrrole nitrogens is 1. The average Bonchev–Trinajstić information content (AvgIpc) is 3.37. The lowest BCUT2D eigenvalue weighted by Crippen LogP contribution is -2.44. The number of piperazine rings is 1. The Morgan fingerprint density at radius 1 is 1.06 bits per heavy atom. The van der Waals surface area contributed by atoms with Gasteiger partial charge in [0.15, 0.2) is 17.4 Å². The van der Waals surface area contributed by atoms with Crippen LogP contribution in [0.3, 0.4) is 0 Å². The van der Waals surface area contributed by atoms with Gasteiger partial charge in [-0.15, -0.1) is 0 Å². The third-order valence-corrected chi connectivity index (χ3v) is 5.50. The van der Waals surface area contributed by atoms with E-state index in [0.717, 1.165) is 32.2 Å². The van der Waals surface area contributed by atoms with Crippen LogP contribution in [0.25, 0.3) is 10.9 Å². The fourth-order valence-electron chi connectivity index (χ4n) is 3.78. The second kappa shape index (κ2) is 8.32. The van der Waals surface area contributed by atoms with E-state index in [1.54, 1.807) is 26.0 Å². The minimum absolute atomic E-state index is 0.0903. The highest BCUT2D eigenvalue weighted by atomic mass is 19.1. The number of aromatic nitrogens is 4. The molecular weight excluding hydrogens is 432 g/mol. The minimum Gasteiger partial charge on any atom is -0.421 e. The van der Waals surface area contributed by atoms with E-state index >= 15 is 4.39 Å². The molecule has 1 aliphatic heterocycles. The van der Waals surface area contributed by atoms with E-state index in [2.05, 4.69) is 42.3 Å². The quantitative estimate of drug-likeness (QED) is 0.464. The molecule has 172 valence electrons. The van der Waals surface area contributed by atoms with Crippen LogP contribution >= 0.6 is 0 Å². The number of halogens is 2. The molecule has 0 amide bonds. The Balaban J connectivity index is 1.51. The van der Waals surface area contributed by atoms with Gasteiger partial charge >= 0.3 is 6.01 Å². The zero-order valence-corrected chi connectivity index (χ0v) is 18.4. The number of nitrogens with zero attached hydrogens (tertiary/aromatic N) is 5. The summed E-state index contributed by atoms with van der Waals surface area (Å²) in [5, 5.41) is 6.99. The van der Waals surface area contributed by atoms with E-state index in [1.807, 2.05) is 0 Å². The molecule has 9 nitrogen and oxygen atoms in total. The highest BCUT2D eigenvalue weighted by Gasteiger charge is 2.21. The smallest absolute Gasteiger partial charge is 0.326 e. The lowest BCUT2D eigenvalue weighted by atomic mass is 10.2. The van der Waals surface area contributed by atoms with E-state index in [4.69, 9.17) is 9.26 Å². The number of fused-ring (bicyclic) bond motifs is 1. The molecule has 0 saturated carbocycles. The van der Waals surface area contributed by atoms with Crippen molar-refractivity contribution in [2.75, 3.05) is 43.4 Å². The van der Waals surface area contributed by atoms with Crippen LogP contribution in [0, 0.1) is 25.5 Å². The zero-order chi connectivity index (χ0) is 23.1. The van der Waals surface area contributed by atoms with E-state index in [1.165, 1.54) is 6.07 Å². The van der Waals surface area contributed by atoms with Crippen LogP contribution in [0.5, 0.6) is 11.8 Å². The number of hydrogen-bond donors (Lipinski definition) is 2. The number of benzene rings is 1. The summed E-state index contributed by atoms with van der Waals surface area (Å²) in [5.74, 6) is -0.236. The molecule has 4 aromatic rings. The van der Waals surface area contributed by atoms with Crippen LogP contribution in [0.4, 0.5) is 26.3 Å². The van der Waals surface area contributed by atoms with E-state index in [0.29, 0.717) is 28.9 Å². The molecule has 5 rings (SSSR count). The van der Waals surface area contributed by atoms with Crippen molar-refractivity contribution in [2.24, 2.45) is 0 Å². The van der Waals surface area contributed by atoms with Crippen molar-refractivity contribution in [3.8, 4) is 11.8 Å². The van der Waals surface area contributed by atoms with Gasteiger partial charge in [0.25, 0.3) is 0 Å². The second-order valence-corrected chi connectivity index (χ2v) is 8.16. The molecule has 1 aromatic carbocycles. The maximum atomic E-state index is 15.1. The maximum Gasteiger partial charge on any atom is 0.326 e. The fourth-order valence-corrected chi connectivity index (χ4v) is 3.78. The topological polar surface area (TPSA) is 95.3 Å². The number of hydrogen-bond acceptors (Lipinski definition) is 8. The first-order valence-corrected chi connectivity index (χ1v) is 10.5. The number of ether oxygens (including phenoxy) is 1. The first kappa shape index (κ1) is 21.1. The molecule has 0 aliphatic carbocycles. The van der Waals surface area contributed by atoms with Crippen molar-refractivity contribution >= 4 is 28.4 Å². The molecule has 1 fully saturated rings. The van der Waals surface area contributed by atoms with Gasteiger partial charge in [0, 0.05) is 55.5 Å². The van der Waals surface area contributed by atoms with Gasteiger partial charge in [0.05, 0.1) is 11.2 Å². The molecule has 0 unspecified atom stereocenters. The third-order valence-electron chi connectivity index (χ3n) is 5.50. The first-order chi connectivity index (χ1) is 15.9. The van der Waals surface area contributed by atoms with Gasteiger partial charge in [0.1, 0.15) is 11.6 Å². The molecule has 4 heterocycles. The monoisotopic (exact) mass is 455 g/mol. The minimum atomic E-state index is -0.690. The molecule has 0 radical (unpaired) electrons. The van der Waals surface area contributed by atoms with Gasteiger partial charge in [-0.25, -0.2) is 8.78 Å². The van der Waals surface area contributed by atoms with Crippen LogP contribution in [0.2, 0.25) is 0 Å². The van der Waals surface area contributed by atoms with Crippen LogP contribution in [0.15, 0.2) is 28.8 Å². The molecule has 0 atom stereocenters. The largest absolute Gasteiger partial charge is 0.421 e. The highest BCUT2D eigenvalue weighted by Crippen LogP contribution is 2.33. The van der Waals surface area contributed by atoms with Crippen molar-refractivity contribution in [3.05, 3.63) is 47.3 Å². The normalized spacial score (nSPS) is 14.8. The number of aromatic amines is 1. The summed E-state index contributed by atoms with van der Waals surface area (Å²) >= 11 is 0. The lowest BCUT2D eigenvalue weighted by Gasteiger charge is -2.33. The van der Waals surface area contributed by atoms with Crippen LogP contribution in [-0.2, 0) is 0 Å². The van der Waals surface area contributed by atoms with Gasteiger partial charge < -0.3 is 29.4 Å². The van der Waals surface area contributed by atoms with Crippen molar-refractivity contribution < 1.29 is 18.0 Å². The number of aryl methyl sites for hydroxylation is 2. The van der Waals surface area contributed by atoms with Crippen molar-refractivity contribution in [3.63, 3.8) is 0 Å². The Kier molecular flexibility index (Phi) is 5.33. The zero-order valence-electron chi connectivity index (χ0n) is 18.4. The lowest BCUT2D eigenvalue weighted by molar-refractivity contribution is 0.311. The van der Waals surface area contributed by atoms with Crippen molar-refractivity contribution in [2.45, 2.75) is 13.8 Å². The van der Waals surface area contributed by atoms with Gasteiger partial charge in [-0.1, -0.05) is 5.16 Å². The van der Waals surface area contributed by atoms with Crippen molar-refractivity contribution in [1.29, 1.82) is 0 Å². The van der Waals surface area contributed by atoms with Gasteiger partial charge in [-0.3, -0.25) is 0 Å². The molecule has 0 spiro atoms. The Morgan fingerprint density at radius 3 is 2.58 bits per heavy atom. The molecular formula is C22H23F2N7O2. The molecule has 3 aromatic heterocycles. The number of rotatable bonds is 5. The predicted molar refractivity (Wildman–Crippen MR) is 119 cm³/mol. The Hall–Kier alpha value is -3.73. The average molecular weight is 455 g/mol. The Bertz CT molecular complexity index is 1310. The van der Waals surface area contributed by atoms with E-state index < -0.39 is 11.6 Å². The van der Waals surface area contributed by atoms with Crippen LogP contribution in [0.1, 0.15) is 11.4 Å². The highest BCUT2D eigenvalue weighted by molar-refractivity contribution is 5.83. The summed E-state index contributed by atoms with van der Waals surface area (Å²) in [6.07, 6.45) is 0. The predicted octanol–water partition coefficient (Wildman–Crippen LogP) is 4.13. The van der Waals surface area contributed by atoms with Crippen molar-refractivity contribution in [1.82, 2.24) is 25.0 Å². The molecule has 1 aliphatic rings. The summed E-state index contributed by atoms with van der Waals surface area (Å²) in [7, 11) is 2.06. The Morgan fingerprint density at radius 2 is 1.85 bits per heavy atom. The molecule has 2 N–H and O–H groups in total. The molecule has 0 bridgehead atoms. The van der Waals surface area contributed by atoms with Crippen LogP contribution in [-0.4, -0.2) is 58.2 Å². The molecule has 33 heavy (non-hydrogen) atoms. The SMILES string of the molecule is Cc1cc(Nc2cc(N3CCN(C)CC3)nc(Oc3cc(F)c4[nH]c(C)cc4c3F)n2)on1. The third kappa shape index (κ3) is 4.31. The number of nitrogens with one attached hydrogen (secondary N) is 2. The number of anilines is 3. The van der Waals surface area contributed by atoms with Crippen LogP contribution < -0.4 is 15.0 Å². The summed E-state index contributed by atoms with van der Waals surface area (Å²) in [6, 6.07) is 5.88. The molecule has 11 heteroatoms. The summed E-state index contributed by atoms with van der Waals surface area (Å²) in [4.78, 5) is 15.9. The van der Waals surface area contributed by atoms with E-state index in [9.17, 15) is 4.39 Å². The maximum absolute atomic E-state index is 15.1. The van der Waals surface area contributed by atoms with Gasteiger partial charge in [-0.05, 0) is 27.0 Å². The first-order valence-electron chi connectivity index (χ1n) is 10.5. The van der Waals surface area contributed by atoms with E-state index in [-0.39, 0.29) is 22.7 Å². The molecule has 1 saturated heterocycles. The van der Waals surface area contributed by atoms with Gasteiger partial charge in [-0.2, -0.15) is 9.97 Å². The summed E-state index contributed by atoms with van der Waals surface area (Å²) in [6.45, 7) is 6.78. The second-order valence-electron chi connectivity index (χ2n) is 8.16. The Labute approximate surface area is 188 Å². The summed E-state index contributed by atoms with van der Waals surface area (Å²) < 4.78 is 40.5. The summed E-state index contributed by atoms with van der Waals surface area (Å²) in [5.41, 5.74) is 1.43. The fraction of sp³-hybridized carbons (Fsp3) is 0.318. The standard InChI is InChI=1S/C22H23F2N7O2/c1-12-8-14-20(24)16(10-15(23)21(14)25-12)32-22-27-17(26-19-9-13(2)29-33-19)11-18(28-22)31-6-4-30(3)5-7-31/h8-11,25H,4-7H2,1-3H3,(H,26,27,28). The van der Waals surface area contributed by atoms with Gasteiger partial charge in [0.2, 0.25) is 5.88 Å². The number of likely N-dealkylation sites (N-methyl/N-ethyl adjacent to an activating group) is 1.